The lowest BCUT2D eigenvalue weighted by Crippen LogP contribution is -2.21. The molecule has 5 heteroatoms. The molecule has 4 rings (SSSR count). The largest absolute Gasteiger partial charge is 0.372 e. The monoisotopic (exact) mass is 397 g/mol. The van der Waals surface area contributed by atoms with Gasteiger partial charge in [0.1, 0.15) is 11.9 Å². The lowest BCUT2D eigenvalue weighted by molar-refractivity contribution is 0.866. The molecule has 0 saturated heterocycles. The summed E-state index contributed by atoms with van der Waals surface area (Å²) in [6.45, 7) is 10.5. The number of hydrogen-bond donors (Lipinski definition) is 1. The van der Waals surface area contributed by atoms with Gasteiger partial charge in [0, 0.05) is 24.5 Å². The zero-order valence-electron chi connectivity index (χ0n) is 18.0. The first-order valence-electron chi connectivity index (χ1n) is 10.6. The van der Waals surface area contributed by atoms with Crippen LogP contribution in [0.3, 0.4) is 0 Å². The van der Waals surface area contributed by atoms with Crippen LogP contribution >= 0.6 is 0 Å². The second-order valence-corrected chi connectivity index (χ2v) is 7.40. The van der Waals surface area contributed by atoms with Gasteiger partial charge in [-0.25, -0.2) is 4.98 Å². The van der Waals surface area contributed by atoms with Gasteiger partial charge in [-0.05, 0) is 74.7 Å². The smallest absolute Gasteiger partial charge is 0.157 e. The maximum atomic E-state index is 9.84. The van der Waals surface area contributed by atoms with Crippen molar-refractivity contribution in [1.29, 1.82) is 5.26 Å². The van der Waals surface area contributed by atoms with Crippen LogP contribution in [0, 0.1) is 18.3 Å². The standard InChI is InChI=1S/C25H27N5/c1-5-20-17(4)21(16-26)25-28-22-10-8-9-11-23(22)30(25)24(20)27-18-12-14-19(15-13-18)29(6-2)7-3/h8-15,27H,5-7H2,1-4H3. The van der Waals surface area contributed by atoms with Crippen LogP contribution in [-0.4, -0.2) is 22.5 Å². The second kappa shape index (κ2) is 8.08. The molecule has 0 aliphatic rings. The van der Waals surface area contributed by atoms with E-state index in [0.717, 1.165) is 53.2 Å². The van der Waals surface area contributed by atoms with Gasteiger partial charge in [-0.1, -0.05) is 19.1 Å². The van der Waals surface area contributed by atoms with E-state index in [1.54, 1.807) is 0 Å². The summed E-state index contributed by atoms with van der Waals surface area (Å²) in [4.78, 5) is 7.11. The van der Waals surface area contributed by atoms with E-state index in [0.29, 0.717) is 11.2 Å². The molecule has 5 nitrogen and oxygen atoms in total. The van der Waals surface area contributed by atoms with Crippen LogP contribution in [0.4, 0.5) is 17.2 Å². The molecule has 2 heterocycles. The zero-order chi connectivity index (χ0) is 21.3. The molecule has 0 saturated carbocycles. The number of aromatic nitrogens is 2. The lowest BCUT2D eigenvalue weighted by atomic mass is 10.0. The average molecular weight is 398 g/mol. The molecule has 0 radical (unpaired) electrons. The molecule has 0 atom stereocenters. The number of rotatable bonds is 6. The number of hydrogen-bond acceptors (Lipinski definition) is 4. The number of para-hydroxylation sites is 2. The molecule has 0 aliphatic carbocycles. The third-order valence-corrected chi connectivity index (χ3v) is 5.85. The van der Waals surface area contributed by atoms with E-state index in [1.165, 1.54) is 5.69 Å². The summed E-state index contributed by atoms with van der Waals surface area (Å²) in [7, 11) is 0. The Morgan fingerprint density at radius 2 is 1.73 bits per heavy atom. The minimum absolute atomic E-state index is 0.644. The molecule has 1 N–H and O–H groups in total. The van der Waals surface area contributed by atoms with Crippen LogP contribution in [0.25, 0.3) is 16.7 Å². The minimum atomic E-state index is 0.644. The van der Waals surface area contributed by atoms with Crippen molar-refractivity contribution in [2.24, 2.45) is 0 Å². The fourth-order valence-electron chi connectivity index (χ4n) is 4.23. The van der Waals surface area contributed by atoms with Crippen LogP contribution in [0.5, 0.6) is 0 Å². The average Bonchev–Trinajstić information content (AvgIpc) is 3.15. The van der Waals surface area contributed by atoms with E-state index < -0.39 is 0 Å². The van der Waals surface area contributed by atoms with E-state index >= 15 is 0 Å². The van der Waals surface area contributed by atoms with Gasteiger partial charge in [-0.2, -0.15) is 5.26 Å². The summed E-state index contributed by atoms with van der Waals surface area (Å²) in [5, 5.41) is 13.5. The molecule has 2 aromatic carbocycles. The summed E-state index contributed by atoms with van der Waals surface area (Å²) in [6.07, 6.45) is 0.822. The van der Waals surface area contributed by atoms with E-state index in [-0.39, 0.29) is 0 Å². The van der Waals surface area contributed by atoms with Crippen LogP contribution in [-0.2, 0) is 6.42 Å². The second-order valence-electron chi connectivity index (χ2n) is 7.40. The summed E-state index contributed by atoms with van der Waals surface area (Å²) in [5.41, 5.74) is 7.60. The first-order valence-corrected chi connectivity index (χ1v) is 10.6. The van der Waals surface area contributed by atoms with Gasteiger partial charge in [0.15, 0.2) is 5.65 Å². The maximum Gasteiger partial charge on any atom is 0.157 e. The summed E-state index contributed by atoms with van der Waals surface area (Å²) in [6, 6.07) is 19.0. The highest BCUT2D eigenvalue weighted by Gasteiger charge is 2.20. The van der Waals surface area contributed by atoms with Gasteiger partial charge in [0.25, 0.3) is 0 Å². The Kier molecular flexibility index (Phi) is 5.33. The molecule has 0 unspecified atom stereocenters. The van der Waals surface area contributed by atoms with Crippen molar-refractivity contribution in [1.82, 2.24) is 9.38 Å². The molecule has 0 bridgehead atoms. The van der Waals surface area contributed by atoms with Crippen LogP contribution in [0.15, 0.2) is 48.5 Å². The van der Waals surface area contributed by atoms with Gasteiger partial charge in [-0.15, -0.1) is 0 Å². The van der Waals surface area contributed by atoms with Crippen molar-refractivity contribution in [2.75, 3.05) is 23.3 Å². The fourth-order valence-corrected chi connectivity index (χ4v) is 4.23. The predicted octanol–water partition coefficient (Wildman–Crippen LogP) is 5.82. The Morgan fingerprint density at radius 3 is 2.37 bits per heavy atom. The molecule has 0 spiro atoms. The predicted molar refractivity (Wildman–Crippen MR) is 125 cm³/mol. The molecule has 30 heavy (non-hydrogen) atoms. The van der Waals surface area contributed by atoms with Gasteiger partial charge >= 0.3 is 0 Å². The summed E-state index contributed by atoms with van der Waals surface area (Å²) in [5.74, 6) is 0.980. The van der Waals surface area contributed by atoms with Crippen molar-refractivity contribution in [3.63, 3.8) is 0 Å². The van der Waals surface area contributed by atoms with Crippen molar-refractivity contribution in [3.05, 3.63) is 65.2 Å². The number of benzene rings is 2. The molecule has 152 valence electrons. The van der Waals surface area contributed by atoms with E-state index in [2.05, 4.69) is 71.8 Å². The Morgan fingerprint density at radius 1 is 1.03 bits per heavy atom. The minimum Gasteiger partial charge on any atom is -0.372 e. The van der Waals surface area contributed by atoms with Crippen LogP contribution in [0.1, 0.15) is 37.5 Å². The van der Waals surface area contributed by atoms with Gasteiger partial charge in [0.05, 0.1) is 16.6 Å². The highest BCUT2D eigenvalue weighted by atomic mass is 15.1. The first-order chi connectivity index (χ1) is 14.6. The third-order valence-electron chi connectivity index (χ3n) is 5.85. The molecule has 0 aliphatic heterocycles. The first kappa shape index (κ1) is 19.8. The molecule has 4 aromatic rings. The number of imidazole rings is 1. The summed E-state index contributed by atoms with van der Waals surface area (Å²) < 4.78 is 2.10. The number of nitrogens with one attached hydrogen (secondary N) is 1. The van der Waals surface area contributed by atoms with Gasteiger partial charge < -0.3 is 10.2 Å². The number of nitriles is 1. The SMILES string of the molecule is CCc1c(C)c(C#N)c2nc3ccccc3n2c1Nc1ccc(N(CC)CC)cc1. The highest BCUT2D eigenvalue weighted by Crippen LogP contribution is 2.33. The topological polar surface area (TPSA) is 56.4 Å². The van der Waals surface area contributed by atoms with Gasteiger partial charge in [-0.3, -0.25) is 4.40 Å². The molecule has 0 fully saturated rings. The Labute approximate surface area is 177 Å². The molecule has 0 amide bonds. The van der Waals surface area contributed by atoms with Crippen molar-refractivity contribution in [3.8, 4) is 6.07 Å². The van der Waals surface area contributed by atoms with Gasteiger partial charge in [0.2, 0.25) is 0 Å². The Hall–Kier alpha value is -3.52. The number of fused-ring (bicyclic) bond motifs is 3. The maximum absolute atomic E-state index is 9.84. The molecule has 2 aromatic heterocycles. The van der Waals surface area contributed by atoms with Crippen LogP contribution < -0.4 is 10.2 Å². The van der Waals surface area contributed by atoms with Crippen molar-refractivity contribution >= 4 is 33.9 Å². The number of pyridine rings is 1. The Bertz CT molecular complexity index is 1240. The quantitative estimate of drug-likeness (QED) is 0.445. The Balaban J connectivity index is 1.91. The van der Waals surface area contributed by atoms with Crippen molar-refractivity contribution < 1.29 is 0 Å². The summed E-state index contributed by atoms with van der Waals surface area (Å²) >= 11 is 0. The number of anilines is 3. The van der Waals surface area contributed by atoms with E-state index in [4.69, 9.17) is 4.98 Å². The zero-order valence-corrected chi connectivity index (χ0v) is 18.0. The molecular formula is C25H27N5. The number of nitrogens with zero attached hydrogens (tertiary/aromatic N) is 4. The fraction of sp³-hybridized carbons (Fsp3) is 0.280. The molecular weight excluding hydrogens is 370 g/mol. The normalized spacial score (nSPS) is 11.0. The van der Waals surface area contributed by atoms with E-state index in [9.17, 15) is 5.26 Å². The van der Waals surface area contributed by atoms with Crippen molar-refractivity contribution in [2.45, 2.75) is 34.1 Å². The van der Waals surface area contributed by atoms with E-state index in [1.807, 2.05) is 25.1 Å². The van der Waals surface area contributed by atoms with Crippen LogP contribution in [0.2, 0.25) is 0 Å². The lowest BCUT2D eigenvalue weighted by Gasteiger charge is -2.22. The third kappa shape index (κ3) is 3.15. The highest BCUT2D eigenvalue weighted by molar-refractivity contribution is 5.87.